The SMILES string of the molecule is O=C(O)c1cc(F)ccc1-c1ccc(Cl)cc1F. The van der Waals surface area contributed by atoms with Crippen molar-refractivity contribution in [3.8, 4) is 11.1 Å². The molecule has 0 fully saturated rings. The lowest BCUT2D eigenvalue weighted by Crippen LogP contribution is -2.01. The highest BCUT2D eigenvalue weighted by Gasteiger charge is 2.15. The number of halogens is 3. The third-order valence-electron chi connectivity index (χ3n) is 2.43. The minimum Gasteiger partial charge on any atom is -0.478 e. The highest BCUT2D eigenvalue weighted by Crippen LogP contribution is 2.28. The second kappa shape index (κ2) is 4.74. The molecule has 0 radical (unpaired) electrons. The molecular formula is C13H7ClF2O2. The predicted octanol–water partition coefficient (Wildman–Crippen LogP) is 3.98. The lowest BCUT2D eigenvalue weighted by molar-refractivity contribution is 0.0697. The maximum Gasteiger partial charge on any atom is 0.336 e. The number of carboxylic acids is 1. The van der Waals surface area contributed by atoms with Crippen LogP contribution in [0.15, 0.2) is 36.4 Å². The van der Waals surface area contributed by atoms with Gasteiger partial charge in [0.15, 0.2) is 0 Å². The van der Waals surface area contributed by atoms with Gasteiger partial charge < -0.3 is 5.11 Å². The first-order valence-corrected chi connectivity index (χ1v) is 5.35. The van der Waals surface area contributed by atoms with Gasteiger partial charge in [-0.3, -0.25) is 0 Å². The first kappa shape index (κ1) is 12.5. The Morgan fingerprint density at radius 2 is 1.72 bits per heavy atom. The molecule has 92 valence electrons. The number of aromatic carboxylic acids is 1. The molecule has 2 aromatic carbocycles. The van der Waals surface area contributed by atoms with Gasteiger partial charge >= 0.3 is 5.97 Å². The lowest BCUT2D eigenvalue weighted by Gasteiger charge is -2.08. The fraction of sp³-hybridized carbons (Fsp3) is 0. The van der Waals surface area contributed by atoms with Gasteiger partial charge in [0.05, 0.1) is 5.56 Å². The molecule has 0 unspecified atom stereocenters. The summed E-state index contributed by atoms with van der Waals surface area (Å²) < 4.78 is 26.7. The second-order valence-electron chi connectivity index (χ2n) is 3.62. The largest absolute Gasteiger partial charge is 0.478 e. The molecule has 0 saturated carbocycles. The Morgan fingerprint density at radius 3 is 2.33 bits per heavy atom. The number of carbonyl (C=O) groups is 1. The van der Waals surface area contributed by atoms with Gasteiger partial charge in [0.2, 0.25) is 0 Å². The van der Waals surface area contributed by atoms with E-state index in [1.807, 2.05) is 0 Å². The van der Waals surface area contributed by atoms with E-state index < -0.39 is 17.6 Å². The Balaban J connectivity index is 2.67. The molecule has 0 aliphatic rings. The first-order valence-electron chi connectivity index (χ1n) is 4.97. The van der Waals surface area contributed by atoms with E-state index in [-0.39, 0.29) is 21.7 Å². The molecule has 0 spiro atoms. The van der Waals surface area contributed by atoms with Gasteiger partial charge in [0, 0.05) is 10.6 Å². The van der Waals surface area contributed by atoms with E-state index in [0.29, 0.717) is 0 Å². The quantitative estimate of drug-likeness (QED) is 0.894. The molecule has 0 bridgehead atoms. The van der Waals surface area contributed by atoms with E-state index in [0.717, 1.165) is 18.2 Å². The average Bonchev–Trinajstić information content (AvgIpc) is 2.29. The van der Waals surface area contributed by atoms with Gasteiger partial charge in [-0.1, -0.05) is 17.7 Å². The molecule has 0 aliphatic carbocycles. The fourth-order valence-electron chi connectivity index (χ4n) is 1.64. The minimum absolute atomic E-state index is 0.0665. The number of hydrogen-bond donors (Lipinski definition) is 1. The zero-order valence-corrected chi connectivity index (χ0v) is 9.71. The van der Waals surface area contributed by atoms with E-state index in [1.165, 1.54) is 18.2 Å². The van der Waals surface area contributed by atoms with Crippen LogP contribution in [0.3, 0.4) is 0 Å². The number of rotatable bonds is 2. The Bertz CT molecular complexity index is 626. The van der Waals surface area contributed by atoms with E-state index in [9.17, 15) is 13.6 Å². The molecule has 2 aromatic rings. The van der Waals surface area contributed by atoms with E-state index >= 15 is 0 Å². The van der Waals surface area contributed by atoms with Gasteiger partial charge in [0.1, 0.15) is 11.6 Å². The van der Waals surface area contributed by atoms with Crippen LogP contribution in [0, 0.1) is 11.6 Å². The zero-order valence-electron chi connectivity index (χ0n) is 8.95. The first-order chi connectivity index (χ1) is 8.49. The summed E-state index contributed by atoms with van der Waals surface area (Å²) in [7, 11) is 0. The van der Waals surface area contributed by atoms with Crippen molar-refractivity contribution in [3.63, 3.8) is 0 Å². The average molecular weight is 269 g/mol. The van der Waals surface area contributed by atoms with Crippen LogP contribution in [-0.4, -0.2) is 11.1 Å². The summed E-state index contributed by atoms with van der Waals surface area (Å²) in [6.07, 6.45) is 0. The van der Waals surface area contributed by atoms with Crippen molar-refractivity contribution >= 4 is 17.6 Å². The van der Waals surface area contributed by atoms with Gasteiger partial charge in [-0.25, -0.2) is 13.6 Å². The second-order valence-corrected chi connectivity index (χ2v) is 4.06. The maximum atomic E-state index is 13.7. The predicted molar refractivity (Wildman–Crippen MR) is 63.8 cm³/mol. The van der Waals surface area contributed by atoms with E-state index in [1.54, 1.807) is 0 Å². The Morgan fingerprint density at radius 1 is 1.06 bits per heavy atom. The van der Waals surface area contributed by atoms with Crippen LogP contribution in [0.1, 0.15) is 10.4 Å². The van der Waals surface area contributed by atoms with Gasteiger partial charge in [-0.2, -0.15) is 0 Å². The van der Waals surface area contributed by atoms with Crippen LogP contribution in [0.25, 0.3) is 11.1 Å². The summed E-state index contributed by atoms with van der Waals surface area (Å²) in [6.45, 7) is 0. The number of carboxylic acid groups (broad SMARTS) is 1. The highest BCUT2D eigenvalue weighted by molar-refractivity contribution is 6.30. The summed E-state index contributed by atoms with van der Waals surface area (Å²) in [5.74, 6) is -2.67. The van der Waals surface area contributed by atoms with Crippen LogP contribution in [0.2, 0.25) is 5.02 Å². The van der Waals surface area contributed by atoms with Gasteiger partial charge in [-0.15, -0.1) is 0 Å². The summed E-state index contributed by atoms with van der Waals surface area (Å²) in [5.41, 5.74) is -0.119. The summed E-state index contributed by atoms with van der Waals surface area (Å²) in [6, 6.07) is 7.03. The van der Waals surface area contributed by atoms with Crippen molar-refractivity contribution in [2.45, 2.75) is 0 Å². The molecular weight excluding hydrogens is 262 g/mol. The zero-order chi connectivity index (χ0) is 13.3. The van der Waals surface area contributed by atoms with Crippen molar-refractivity contribution in [2.24, 2.45) is 0 Å². The van der Waals surface area contributed by atoms with Crippen molar-refractivity contribution in [3.05, 3.63) is 58.6 Å². The van der Waals surface area contributed by atoms with Gasteiger partial charge in [-0.05, 0) is 35.9 Å². The molecule has 0 saturated heterocycles. The third-order valence-corrected chi connectivity index (χ3v) is 2.67. The van der Waals surface area contributed by atoms with Crippen LogP contribution in [0.4, 0.5) is 8.78 Å². The monoisotopic (exact) mass is 268 g/mol. The Kier molecular flexibility index (Phi) is 3.30. The minimum atomic E-state index is -1.32. The Labute approximate surface area is 106 Å². The van der Waals surface area contributed by atoms with Gasteiger partial charge in [0.25, 0.3) is 0 Å². The smallest absolute Gasteiger partial charge is 0.336 e. The molecule has 0 amide bonds. The number of hydrogen-bond acceptors (Lipinski definition) is 1. The molecule has 1 N–H and O–H groups in total. The molecule has 5 heteroatoms. The molecule has 18 heavy (non-hydrogen) atoms. The Hall–Kier alpha value is -1.94. The molecule has 0 aromatic heterocycles. The van der Waals surface area contributed by atoms with Crippen LogP contribution in [0.5, 0.6) is 0 Å². The van der Waals surface area contributed by atoms with Crippen molar-refractivity contribution in [1.82, 2.24) is 0 Å². The summed E-state index contributed by atoms with van der Waals surface area (Å²) in [5, 5.41) is 9.19. The van der Waals surface area contributed by atoms with Crippen LogP contribution in [-0.2, 0) is 0 Å². The van der Waals surface area contributed by atoms with E-state index in [4.69, 9.17) is 16.7 Å². The summed E-state index contributed by atoms with van der Waals surface area (Å²) in [4.78, 5) is 11.0. The summed E-state index contributed by atoms with van der Waals surface area (Å²) >= 11 is 5.62. The van der Waals surface area contributed by atoms with Crippen molar-refractivity contribution < 1.29 is 18.7 Å². The molecule has 0 aliphatic heterocycles. The van der Waals surface area contributed by atoms with Crippen LogP contribution >= 0.6 is 11.6 Å². The standard InChI is InChI=1S/C13H7ClF2O2/c14-7-1-3-10(12(16)5-7)9-4-2-8(15)6-11(9)13(17)18/h1-6H,(H,17,18). The van der Waals surface area contributed by atoms with E-state index in [2.05, 4.69) is 0 Å². The van der Waals surface area contributed by atoms with Crippen LogP contribution < -0.4 is 0 Å². The van der Waals surface area contributed by atoms with Crippen molar-refractivity contribution in [2.75, 3.05) is 0 Å². The highest BCUT2D eigenvalue weighted by atomic mass is 35.5. The molecule has 2 rings (SSSR count). The number of benzene rings is 2. The fourth-order valence-corrected chi connectivity index (χ4v) is 1.79. The molecule has 0 atom stereocenters. The molecule has 2 nitrogen and oxygen atoms in total. The normalized spacial score (nSPS) is 10.4. The lowest BCUT2D eigenvalue weighted by atomic mass is 9.99. The van der Waals surface area contributed by atoms with Crippen molar-refractivity contribution in [1.29, 1.82) is 0 Å². The topological polar surface area (TPSA) is 37.3 Å². The third kappa shape index (κ3) is 2.33. The molecule has 0 heterocycles. The maximum absolute atomic E-state index is 13.7.